The van der Waals surface area contributed by atoms with Crippen LogP contribution in [0.4, 0.5) is 0 Å². The van der Waals surface area contributed by atoms with Crippen molar-refractivity contribution in [2.45, 2.75) is 0 Å². The standard InChI is InChI=1S/C84H54N8/c1-3-14-63(15-4-1)79-87-81(91-83(89-79)67-44-34-60(35-45-67)72-50-48-70(74-19-7-9-21-76(72)74)58-30-24-57(25-31-58)69-18-13-52-85-54-69)65-40-26-55(27-41-65)56-28-42-66(43-29-56)82-88-80(64-16-5-2-6-17-64)90-84(92-82)68-46-36-61(37-47-68)73-51-49-71(75-20-8-10-22-77(73)75)59-32-38-62(39-33-59)78-23-11-12-53-86-78/h1-54H. The van der Waals surface area contributed by atoms with Gasteiger partial charge in [0, 0.05) is 57.5 Å². The molecule has 0 radical (unpaired) electrons. The van der Waals surface area contributed by atoms with Gasteiger partial charge in [-0.05, 0) is 107 Å². The second-order valence-corrected chi connectivity index (χ2v) is 22.7. The first kappa shape index (κ1) is 54.8. The normalized spacial score (nSPS) is 11.3. The van der Waals surface area contributed by atoms with Crippen molar-refractivity contribution in [1.29, 1.82) is 0 Å². The van der Waals surface area contributed by atoms with Crippen molar-refractivity contribution in [3.05, 3.63) is 328 Å². The molecule has 0 saturated carbocycles. The summed E-state index contributed by atoms with van der Waals surface area (Å²) < 4.78 is 0. The number of fused-ring (bicyclic) bond motifs is 2. The SMILES string of the molecule is c1ccc(-c2nc(-c3ccc(-c4ccc(-c5nc(-c6ccccc6)nc(-c6ccc(-c7ccc(-c8ccc(-c9ccccn9)cc8)c8ccccc78)cc6)n5)cc4)cc3)nc(-c3ccc(-c4ccc(-c5ccc(-c6cccnc6)cc5)c5ccccc45)cc3)n2)cc1. The van der Waals surface area contributed by atoms with Crippen LogP contribution in [0.15, 0.2) is 328 Å². The maximum atomic E-state index is 5.13. The summed E-state index contributed by atoms with van der Waals surface area (Å²) in [6.07, 6.45) is 5.53. The lowest BCUT2D eigenvalue weighted by molar-refractivity contribution is 1.07. The summed E-state index contributed by atoms with van der Waals surface area (Å²) >= 11 is 0. The fraction of sp³-hybridized carbons (Fsp3) is 0. The van der Waals surface area contributed by atoms with E-state index >= 15 is 0 Å². The summed E-state index contributed by atoms with van der Waals surface area (Å²) in [6.45, 7) is 0. The zero-order valence-corrected chi connectivity index (χ0v) is 49.8. The van der Waals surface area contributed by atoms with Gasteiger partial charge in [-0.15, -0.1) is 0 Å². The zero-order chi connectivity index (χ0) is 61.2. The van der Waals surface area contributed by atoms with Crippen LogP contribution < -0.4 is 0 Å². The van der Waals surface area contributed by atoms with E-state index in [2.05, 4.69) is 234 Å². The zero-order valence-electron chi connectivity index (χ0n) is 49.8. The summed E-state index contributed by atoms with van der Waals surface area (Å²) in [7, 11) is 0. The van der Waals surface area contributed by atoms with Gasteiger partial charge in [-0.25, -0.2) is 29.9 Å². The van der Waals surface area contributed by atoms with Crippen LogP contribution in [0.2, 0.25) is 0 Å². The van der Waals surface area contributed by atoms with Crippen molar-refractivity contribution in [2.24, 2.45) is 0 Å². The highest BCUT2D eigenvalue weighted by Crippen LogP contribution is 2.40. The van der Waals surface area contributed by atoms with E-state index in [1.165, 1.54) is 32.7 Å². The third-order valence-electron chi connectivity index (χ3n) is 17.1. The number of benzene rings is 12. The van der Waals surface area contributed by atoms with Crippen LogP contribution in [0.5, 0.6) is 0 Å². The van der Waals surface area contributed by atoms with Crippen LogP contribution in [0.1, 0.15) is 0 Å². The first-order valence-corrected chi connectivity index (χ1v) is 30.7. The molecule has 0 saturated heterocycles. The highest BCUT2D eigenvalue weighted by atomic mass is 15.0. The van der Waals surface area contributed by atoms with Crippen molar-refractivity contribution in [3.8, 4) is 146 Å². The molecule has 16 rings (SSSR count). The van der Waals surface area contributed by atoms with Gasteiger partial charge in [0.2, 0.25) is 0 Å². The monoisotopic (exact) mass is 1170 g/mol. The fourth-order valence-corrected chi connectivity index (χ4v) is 12.3. The van der Waals surface area contributed by atoms with Gasteiger partial charge in [-0.2, -0.15) is 0 Å². The molecule has 8 nitrogen and oxygen atoms in total. The van der Waals surface area contributed by atoms with Crippen LogP contribution in [-0.2, 0) is 0 Å². The fourth-order valence-electron chi connectivity index (χ4n) is 12.3. The van der Waals surface area contributed by atoms with E-state index in [9.17, 15) is 0 Å². The lowest BCUT2D eigenvalue weighted by atomic mass is 9.91. The van der Waals surface area contributed by atoms with E-state index in [0.717, 1.165) is 100 Å². The van der Waals surface area contributed by atoms with E-state index in [0.29, 0.717) is 34.9 Å². The lowest BCUT2D eigenvalue weighted by Crippen LogP contribution is -2.00. The van der Waals surface area contributed by atoms with Crippen LogP contribution in [0.25, 0.3) is 168 Å². The molecule has 0 aliphatic rings. The molecule has 4 heterocycles. The Balaban J connectivity index is 0.661. The minimum atomic E-state index is 0.589. The number of rotatable bonds is 13. The summed E-state index contributed by atoms with van der Waals surface area (Å²) in [5, 5.41) is 4.75. The Hall–Kier alpha value is -12.5. The highest BCUT2D eigenvalue weighted by molar-refractivity contribution is 6.06. The predicted octanol–water partition coefficient (Wildman–Crippen LogP) is 20.8. The summed E-state index contributed by atoms with van der Waals surface area (Å²) in [5.41, 5.74) is 21.0. The first-order chi connectivity index (χ1) is 45.6. The van der Waals surface area contributed by atoms with Gasteiger partial charge in [0.05, 0.1) is 5.69 Å². The van der Waals surface area contributed by atoms with Crippen LogP contribution in [-0.4, -0.2) is 39.9 Å². The van der Waals surface area contributed by atoms with E-state index < -0.39 is 0 Å². The van der Waals surface area contributed by atoms with Gasteiger partial charge in [0.1, 0.15) is 0 Å². The van der Waals surface area contributed by atoms with Gasteiger partial charge in [-0.3, -0.25) is 9.97 Å². The minimum absolute atomic E-state index is 0.589. The first-order valence-electron chi connectivity index (χ1n) is 30.7. The second-order valence-electron chi connectivity index (χ2n) is 22.7. The number of aromatic nitrogens is 8. The van der Waals surface area contributed by atoms with Gasteiger partial charge >= 0.3 is 0 Å². The molecule has 16 aromatic rings. The van der Waals surface area contributed by atoms with Gasteiger partial charge < -0.3 is 0 Å². The number of nitrogens with zero attached hydrogens (tertiary/aromatic N) is 8. The molecule has 0 aliphatic carbocycles. The van der Waals surface area contributed by atoms with Gasteiger partial charge in [-0.1, -0.05) is 291 Å². The molecular weight excluding hydrogens is 1120 g/mol. The third kappa shape index (κ3) is 10.9. The Bertz CT molecular complexity index is 4970. The molecule has 0 atom stereocenters. The molecule has 0 amide bonds. The van der Waals surface area contributed by atoms with E-state index in [4.69, 9.17) is 29.9 Å². The van der Waals surface area contributed by atoms with E-state index in [1.54, 1.807) is 6.20 Å². The molecule has 4 aromatic heterocycles. The molecule has 430 valence electrons. The summed E-state index contributed by atoms with van der Waals surface area (Å²) in [6, 6.07) is 108. The molecule has 0 bridgehead atoms. The third-order valence-corrected chi connectivity index (χ3v) is 17.1. The Kier molecular flexibility index (Phi) is 14.4. The maximum Gasteiger partial charge on any atom is 0.164 e. The number of hydrogen-bond donors (Lipinski definition) is 0. The van der Waals surface area contributed by atoms with Crippen molar-refractivity contribution in [2.75, 3.05) is 0 Å². The van der Waals surface area contributed by atoms with Gasteiger partial charge in [0.15, 0.2) is 34.9 Å². The minimum Gasteiger partial charge on any atom is -0.264 e. The maximum absolute atomic E-state index is 5.13. The Morgan fingerprint density at radius 3 is 0.728 bits per heavy atom. The molecule has 0 fully saturated rings. The molecule has 12 aromatic carbocycles. The van der Waals surface area contributed by atoms with E-state index in [-0.39, 0.29) is 0 Å². The number of pyridine rings is 2. The second kappa shape index (κ2) is 24.2. The average molecular weight is 1180 g/mol. The lowest BCUT2D eigenvalue weighted by Gasteiger charge is -2.13. The molecule has 0 N–H and O–H groups in total. The Morgan fingerprint density at radius 2 is 0.424 bits per heavy atom. The number of hydrogen-bond acceptors (Lipinski definition) is 8. The predicted molar refractivity (Wildman–Crippen MR) is 374 cm³/mol. The summed E-state index contributed by atoms with van der Waals surface area (Å²) in [5.74, 6) is 3.58. The quantitative estimate of drug-likeness (QED) is 0.112. The molecule has 0 unspecified atom stereocenters. The van der Waals surface area contributed by atoms with Gasteiger partial charge in [0.25, 0.3) is 0 Å². The largest absolute Gasteiger partial charge is 0.264 e. The van der Waals surface area contributed by atoms with Crippen LogP contribution in [0, 0.1) is 0 Å². The molecule has 8 heteroatoms. The smallest absolute Gasteiger partial charge is 0.164 e. The topological polar surface area (TPSA) is 103 Å². The van der Waals surface area contributed by atoms with Crippen molar-refractivity contribution in [1.82, 2.24) is 39.9 Å². The summed E-state index contributed by atoms with van der Waals surface area (Å²) in [4.78, 5) is 39.4. The molecular formula is C84H54N8. The molecule has 92 heavy (non-hydrogen) atoms. The molecule has 0 spiro atoms. The Labute approximate surface area is 532 Å². The van der Waals surface area contributed by atoms with Crippen LogP contribution in [0.3, 0.4) is 0 Å². The van der Waals surface area contributed by atoms with E-state index in [1.807, 2.05) is 97.3 Å². The van der Waals surface area contributed by atoms with Crippen molar-refractivity contribution in [3.63, 3.8) is 0 Å². The van der Waals surface area contributed by atoms with Crippen LogP contribution >= 0.6 is 0 Å². The average Bonchev–Trinajstić information content (AvgIpc) is 0.912. The highest BCUT2D eigenvalue weighted by Gasteiger charge is 2.18. The van der Waals surface area contributed by atoms with Crippen molar-refractivity contribution >= 4 is 21.5 Å². The molecule has 0 aliphatic heterocycles. The Morgan fingerprint density at radius 1 is 0.163 bits per heavy atom. The van der Waals surface area contributed by atoms with Crippen molar-refractivity contribution < 1.29 is 0 Å².